The highest BCUT2D eigenvalue weighted by molar-refractivity contribution is 5.88. The number of carboxylic acids is 1. The number of aromatic carboxylic acids is 1. The molecule has 1 aromatic carbocycles. The largest absolute Gasteiger partial charge is 0.478 e. The number of hydrogen-bond donors (Lipinski definition) is 2. The second-order valence-corrected chi connectivity index (χ2v) is 6.86. The molecule has 0 spiro atoms. The van der Waals surface area contributed by atoms with Gasteiger partial charge in [-0.05, 0) is 52.2 Å². The molecule has 2 rings (SSSR count). The maximum Gasteiger partial charge on any atom is 0.408 e. The number of rotatable bonds is 4. The number of hydrogen-bond acceptors (Lipinski definition) is 5. The Morgan fingerprint density at radius 1 is 1.33 bits per heavy atom. The van der Waals surface area contributed by atoms with E-state index in [2.05, 4.69) is 5.32 Å². The Morgan fingerprint density at radius 3 is 2.38 bits per heavy atom. The number of benzene rings is 1. The molecule has 2 N–H and O–H groups in total. The van der Waals surface area contributed by atoms with Gasteiger partial charge in [-0.25, -0.2) is 9.59 Å². The van der Waals surface area contributed by atoms with Crippen molar-refractivity contribution in [3.8, 4) is 0 Å². The van der Waals surface area contributed by atoms with Gasteiger partial charge in [-0.3, -0.25) is 10.1 Å². The van der Waals surface area contributed by atoms with Crippen LogP contribution in [0.15, 0.2) is 18.2 Å². The monoisotopic (exact) mass is 336 g/mol. The first-order chi connectivity index (χ1) is 11.0. The lowest BCUT2D eigenvalue weighted by atomic mass is 9.71. The summed E-state index contributed by atoms with van der Waals surface area (Å²) in [5, 5.41) is 23.2. The van der Waals surface area contributed by atoms with E-state index in [0.717, 1.165) is 12.5 Å². The Labute approximate surface area is 139 Å². The minimum Gasteiger partial charge on any atom is -0.478 e. The average Bonchev–Trinajstić information content (AvgIpc) is 2.40. The van der Waals surface area contributed by atoms with E-state index in [0.29, 0.717) is 12.8 Å². The van der Waals surface area contributed by atoms with E-state index >= 15 is 0 Å². The van der Waals surface area contributed by atoms with Gasteiger partial charge in [-0.1, -0.05) is 0 Å². The van der Waals surface area contributed by atoms with Gasteiger partial charge in [0, 0.05) is 6.07 Å². The molecule has 24 heavy (non-hydrogen) atoms. The van der Waals surface area contributed by atoms with Gasteiger partial charge in [-0.15, -0.1) is 0 Å². The molecule has 1 amide bonds. The van der Waals surface area contributed by atoms with Crippen LogP contribution in [0.1, 0.15) is 56.0 Å². The number of nitrogens with zero attached hydrogens (tertiary/aromatic N) is 1. The lowest BCUT2D eigenvalue weighted by Crippen LogP contribution is -2.52. The number of ether oxygens (including phenoxy) is 1. The number of nitro groups is 1. The lowest BCUT2D eigenvalue weighted by molar-refractivity contribution is -0.386. The smallest absolute Gasteiger partial charge is 0.408 e. The predicted molar refractivity (Wildman–Crippen MR) is 85.0 cm³/mol. The van der Waals surface area contributed by atoms with E-state index in [9.17, 15) is 19.7 Å². The van der Waals surface area contributed by atoms with Gasteiger partial charge in [0.15, 0.2) is 0 Å². The van der Waals surface area contributed by atoms with Gasteiger partial charge < -0.3 is 15.2 Å². The summed E-state index contributed by atoms with van der Waals surface area (Å²) in [7, 11) is 0. The number of carbonyl (C=O) groups is 2. The molecule has 8 heteroatoms. The first-order valence-corrected chi connectivity index (χ1v) is 7.57. The van der Waals surface area contributed by atoms with Crippen molar-refractivity contribution < 1.29 is 24.4 Å². The van der Waals surface area contributed by atoms with Gasteiger partial charge in [0.2, 0.25) is 0 Å². The highest BCUT2D eigenvalue weighted by atomic mass is 16.6. The van der Waals surface area contributed by atoms with Crippen LogP contribution in [-0.2, 0) is 10.3 Å². The second-order valence-electron chi connectivity index (χ2n) is 6.86. The van der Waals surface area contributed by atoms with E-state index in [1.807, 2.05) is 0 Å². The summed E-state index contributed by atoms with van der Waals surface area (Å²) in [6, 6.07) is 3.61. The van der Waals surface area contributed by atoms with E-state index in [1.54, 1.807) is 20.8 Å². The summed E-state index contributed by atoms with van der Waals surface area (Å²) < 4.78 is 5.23. The summed E-state index contributed by atoms with van der Waals surface area (Å²) in [6.07, 6.45) is 1.05. The topological polar surface area (TPSA) is 119 Å². The highest BCUT2D eigenvalue weighted by Gasteiger charge is 2.45. The molecule has 1 aliphatic carbocycles. The molecule has 0 unspecified atom stereocenters. The lowest BCUT2D eigenvalue weighted by Gasteiger charge is -2.42. The molecule has 0 saturated heterocycles. The van der Waals surface area contributed by atoms with E-state index < -0.39 is 28.1 Å². The molecule has 1 aliphatic rings. The maximum absolute atomic E-state index is 12.1. The zero-order chi connectivity index (χ0) is 18.1. The normalized spacial score (nSPS) is 16.0. The van der Waals surface area contributed by atoms with Crippen LogP contribution in [0.5, 0.6) is 0 Å². The molecule has 0 radical (unpaired) electrons. The summed E-state index contributed by atoms with van der Waals surface area (Å²) in [5.41, 5.74) is -1.76. The van der Waals surface area contributed by atoms with Crippen molar-refractivity contribution in [2.75, 3.05) is 0 Å². The molecule has 0 aromatic heterocycles. The Balaban J connectivity index is 2.42. The molecule has 0 atom stereocenters. The number of carbonyl (C=O) groups excluding carboxylic acids is 1. The molecule has 1 fully saturated rings. The first-order valence-electron chi connectivity index (χ1n) is 7.57. The molecule has 0 heterocycles. The third kappa shape index (κ3) is 3.64. The molecule has 1 aromatic rings. The summed E-state index contributed by atoms with van der Waals surface area (Å²) in [5.74, 6) is -1.18. The Kier molecular flexibility index (Phi) is 4.50. The van der Waals surface area contributed by atoms with E-state index in [1.165, 1.54) is 12.1 Å². The van der Waals surface area contributed by atoms with Crippen LogP contribution in [0.4, 0.5) is 10.5 Å². The SMILES string of the molecule is CC(C)(C)OC(=O)NC1(c2cc(C(=O)O)ccc2[N+](=O)[O-])CCC1. The van der Waals surface area contributed by atoms with Crippen LogP contribution < -0.4 is 5.32 Å². The van der Waals surface area contributed by atoms with Crippen LogP contribution in [-0.4, -0.2) is 27.7 Å². The third-order valence-corrected chi connectivity index (χ3v) is 3.90. The van der Waals surface area contributed by atoms with E-state index in [-0.39, 0.29) is 16.8 Å². The highest BCUT2D eigenvalue weighted by Crippen LogP contribution is 2.45. The zero-order valence-electron chi connectivity index (χ0n) is 13.8. The third-order valence-electron chi connectivity index (χ3n) is 3.90. The van der Waals surface area contributed by atoms with Crippen LogP contribution >= 0.6 is 0 Å². The fraction of sp³-hybridized carbons (Fsp3) is 0.500. The molecule has 130 valence electrons. The minimum atomic E-state index is -1.18. The van der Waals surface area contributed by atoms with Gasteiger partial charge in [0.1, 0.15) is 5.60 Å². The zero-order valence-corrected chi connectivity index (χ0v) is 13.8. The predicted octanol–water partition coefficient (Wildman–Crippen LogP) is 3.20. The van der Waals surface area contributed by atoms with Crippen molar-refractivity contribution in [1.82, 2.24) is 5.32 Å². The average molecular weight is 336 g/mol. The second kappa shape index (κ2) is 6.10. The molecular weight excluding hydrogens is 316 g/mol. The molecule has 1 saturated carbocycles. The standard InChI is InChI=1S/C16H20N2O6/c1-15(2,3)24-14(21)17-16(7-4-8-16)11-9-10(13(19)20)5-6-12(11)18(22)23/h5-6,9H,4,7-8H2,1-3H3,(H,17,21)(H,19,20). The van der Waals surface area contributed by atoms with Crippen LogP contribution in [0.25, 0.3) is 0 Å². The Morgan fingerprint density at radius 2 is 1.96 bits per heavy atom. The van der Waals surface area contributed by atoms with Gasteiger partial charge in [-0.2, -0.15) is 0 Å². The number of amides is 1. The van der Waals surface area contributed by atoms with Crippen LogP contribution in [0, 0.1) is 10.1 Å². The molecule has 0 bridgehead atoms. The van der Waals surface area contributed by atoms with Crippen molar-refractivity contribution in [2.24, 2.45) is 0 Å². The van der Waals surface area contributed by atoms with Crippen LogP contribution in [0.2, 0.25) is 0 Å². The fourth-order valence-electron chi connectivity index (χ4n) is 2.70. The fourth-order valence-corrected chi connectivity index (χ4v) is 2.70. The molecule has 8 nitrogen and oxygen atoms in total. The minimum absolute atomic E-state index is 0.0622. The van der Waals surface area contributed by atoms with E-state index in [4.69, 9.17) is 9.84 Å². The maximum atomic E-state index is 12.1. The van der Waals surface area contributed by atoms with Crippen molar-refractivity contribution in [3.05, 3.63) is 39.4 Å². The molecular formula is C16H20N2O6. The summed E-state index contributed by atoms with van der Waals surface area (Å²) in [4.78, 5) is 34.1. The first kappa shape index (κ1) is 17.7. The Bertz CT molecular complexity index is 688. The Hall–Kier alpha value is -2.64. The summed E-state index contributed by atoms with van der Waals surface area (Å²) >= 11 is 0. The van der Waals surface area contributed by atoms with Crippen molar-refractivity contribution >= 4 is 17.7 Å². The quantitative estimate of drug-likeness (QED) is 0.644. The summed E-state index contributed by atoms with van der Waals surface area (Å²) in [6.45, 7) is 5.15. The number of nitro benzene ring substituents is 1. The van der Waals surface area contributed by atoms with Crippen molar-refractivity contribution in [1.29, 1.82) is 0 Å². The van der Waals surface area contributed by atoms with Crippen LogP contribution in [0.3, 0.4) is 0 Å². The van der Waals surface area contributed by atoms with Crippen molar-refractivity contribution in [2.45, 2.75) is 51.2 Å². The molecule has 0 aliphatic heterocycles. The van der Waals surface area contributed by atoms with Gasteiger partial charge in [0.05, 0.1) is 21.6 Å². The number of alkyl carbamates (subject to hydrolysis) is 1. The number of carboxylic acid groups (broad SMARTS) is 1. The number of nitrogens with one attached hydrogen (secondary N) is 1. The van der Waals surface area contributed by atoms with Crippen molar-refractivity contribution in [3.63, 3.8) is 0 Å². The van der Waals surface area contributed by atoms with Gasteiger partial charge >= 0.3 is 12.1 Å². The van der Waals surface area contributed by atoms with Gasteiger partial charge in [0.25, 0.3) is 5.69 Å².